The van der Waals surface area contributed by atoms with Gasteiger partial charge in [-0.2, -0.15) is 5.10 Å². The van der Waals surface area contributed by atoms with Crippen molar-refractivity contribution in [3.63, 3.8) is 0 Å². The summed E-state index contributed by atoms with van der Waals surface area (Å²) in [5.74, 6) is -0.0541. The monoisotopic (exact) mass is 292 g/mol. The van der Waals surface area contributed by atoms with Crippen LogP contribution in [-0.2, 0) is 4.74 Å². The molecule has 1 aromatic heterocycles. The van der Waals surface area contributed by atoms with E-state index in [0.29, 0.717) is 18.2 Å². The van der Waals surface area contributed by atoms with E-state index < -0.39 is 0 Å². The zero-order chi connectivity index (χ0) is 14.8. The quantitative estimate of drug-likeness (QED) is 0.901. The third-order valence-corrected chi connectivity index (χ3v) is 4.37. The number of nitrogens with one attached hydrogen (secondary N) is 1. The minimum atomic E-state index is -0.0541. The van der Waals surface area contributed by atoms with Crippen molar-refractivity contribution in [2.75, 3.05) is 26.3 Å². The van der Waals surface area contributed by atoms with Crippen LogP contribution in [0.5, 0.6) is 0 Å². The highest BCUT2D eigenvalue weighted by Crippen LogP contribution is 2.19. The summed E-state index contributed by atoms with van der Waals surface area (Å²) in [5, 5.41) is 7.34. The van der Waals surface area contributed by atoms with E-state index in [1.807, 2.05) is 13.8 Å². The third kappa shape index (κ3) is 3.11. The molecule has 2 aliphatic heterocycles. The Bertz CT molecular complexity index is 494. The molecule has 21 heavy (non-hydrogen) atoms. The van der Waals surface area contributed by atoms with Gasteiger partial charge in [-0.3, -0.25) is 14.4 Å². The lowest BCUT2D eigenvalue weighted by Crippen LogP contribution is -2.50. The molecular weight excluding hydrogens is 268 g/mol. The molecule has 2 saturated heterocycles. The summed E-state index contributed by atoms with van der Waals surface area (Å²) in [7, 11) is 0. The van der Waals surface area contributed by atoms with Gasteiger partial charge in [0.2, 0.25) is 0 Å². The smallest absolute Gasteiger partial charge is 0.254 e. The van der Waals surface area contributed by atoms with Crippen LogP contribution in [0.15, 0.2) is 12.4 Å². The van der Waals surface area contributed by atoms with Crippen LogP contribution < -0.4 is 5.32 Å². The predicted octanol–water partition coefficient (Wildman–Crippen LogP) is 1.06. The topological polar surface area (TPSA) is 59.4 Å². The first-order valence-corrected chi connectivity index (χ1v) is 7.82. The van der Waals surface area contributed by atoms with Crippen molar-refractivity contribution < 1.29 is 9.53 Å². The summed E-state index contributed by atoms with van der Waals surface area (Å²) in [6.07, 6.45) is 5.94. The molecule has 2 atom stereocenters. The molecular formula is C15H24N4O2. The maximum Gasteiger partial charge on any atom is 0.254 e. The van der Waals surface area contributed by atoms with Gasteiger partial charge in [0, 0.05) is 12.2 Å². The van der Waals surface area contributed by atoms with Crippen LogP contribution in [0.25, 0.3) is 0 Å². The summed E-state index contributed by atoms with van der Waals surface area (Å²) < 4.78 is 7.39. The first kappa shape index (κ1) is 14.5. The van der Waals surface area contributed by atoms with E-state index in [-0.39, 0.29) is 18.0 Å². The minimum absolute atomic E-state index is 0.0541. The van der Waals surface area contributed by atoms with Gasteiger partial charge < -0.3 is 10.1 Å². The van der Waals surface area contributed by atoms with Crippen molar-refractivity contribution in [1.29, 1.82) is 0 Å². The number of likely N-dealkylation sites (tertiary alicyclic amines) is 1. The second kappa shape index (κ2) is 6.15. The van der Waals surface area contributed by atoms with Gasteiger partial charge in [0.05, 0.1) is 37.1 Å². The molecule has 1 amide bonds. The summed E-state index contributed by atoms with van der Waals surface area (Å²) in [5.41, 5.74) is 0.621. The number of ether oxygens (including phenoxy) is 1. The molecule has 2 fully saturated rings. The molecule has 0 radical (unpaired) electrons. The van der Waals surface area contributed by atoms with Gasteiger partial charge in [-0.1, -0.05) is 0 Å². The zero-order valence-corrected chi connectivity index (χ0v) is 12.8. The number of aromatic nitrogens is 2. The van der Waals surface area contributed by atoms with Gasteiger partial charge in [-0.25, -0.2) is 0 Å². The molecule has 1 aromatic rings. The highest BCUT2D eigenvalue weighted by molar-refractivity contribution is 5.93. The van der Waals surface area contributed by atoms with Gasteiger partial charge in [-0.15, -0.1) is 0 Å². The second-order valence-electron chi connectivity index (χ2n) is 6.23. The third-order valence-electron chi connectivity index (χ3n) is 4.37. The number of amides is 1. The number of nitrogens with zero attached hydrogens (tertiary/aromatic N) is 3. The highest BCUT2D eigenvalue weighted by Gasteiger charge is 2.35. The molecule has 0 spiro atoms. The Kier molecular flexibility index (Phi) is 4.26. The van der Waals surface area contributed by atoms with Crippen LogP contribution in [0.4, 0.5) is 0 Å². The van der Waals surface area contributed by atoms with Crippen molar-refractivity contribution in [2.45, 2.75) is 44.8 Å². The normalized spacial score (nSPS) is 26.6. The van der Waals surface area contributed by atoms with E-state index >= 15 is 0 Å². The molecule has 6 nitrogen and oxygen atoms in total. The number of hydrogen-bond acceptors (Lipinski definition) is 4. The van der Waals surface area contributed by atoms with Crippen LogP contribution in [0.1, 0.15) is 43.1 Å². The summed E-state index contributed by atoms with van der Waals surface area (Å²) in [6.45, 7) is 7.64. The average molecular weight is 292 g/mol. The summed E-state index contributed by atoms with van der Waals surface area (Å²) in [4.78, 5) is 14.8. The number of hydrogen-bond donors (Lipinski definition) is 1. The fourth-order valence-electron chi connectivity index (χ4n) is 3.10. The van der Waals surface area contributed by atoms with Gasteiger partial charge >= 0.3 is 0 Å². The Balaban J connectivity index is 1.62. The Hall–Kier alpha value is -1.40. The lowest BCUT2D eigenvalue weighted by Gasteiger charge is -2.27. The maximum atomic E-state index is 12.4. The predicted molar refractivity (Wildman–Crippen MR) is 79.3 cm³/mol. The van der Waals surface area contributed by atoms with Crippen molar-refractivity contribution >= 4 is 5.91 Å². The summed E-state index contributed by atoms with van der Waals surface area (Å²) in [6, 6.07) is 0.660. The Morgan fingerprint density at radius 1 is 1.38 bits per heavy atom. The van der Waals surface area contributed by atoms with Crippen LogP contribution in [0, 0.1) is 0 Å². The van der Waals surface area contributed by atoms with E-state index in [9.17, 15) is 4.79 Å². The Labute approximate surface area is 125 Å². The molecule has 6 heteroatoms. The fraction of sp³-hybridized carbons (Fsp3) is 0.733. The largest absolute Gasteiger partial charge is 0.378 e. The Morgan fingerprint density at radius 2 is 2.14 bits per heavy atom. The van der Waals surface area contributed by atoms with Crippen LogP contribution in [0.2, 0.25) is 0 Å². The molecule has 3 heterocycles. The standard InChI is InChI=1S/C15H24N4O2/c1-11(2)19-8-12(7-16-19)15(20)17-13-9-21-10-14(13)18-5-3-4-6-18/h7-8,11,13-14H,3-6,9-10H2,1-2H3,(H,17,20)/t13-,14-/m1/s1. The van der Waals surface area contributed by atoms with Gasteiger partial charge in [0.25, 0.3) is 5.91 Å². The molecule has 2 aliphatic rings. The number of carbonyl (C=O) groups excluding carboxylic acids is 1. The second-order valence-corrected chi connectivity index (χ2v) is 6.23. The first-order valence-electron chi connectivity index (χ1n) is 7.82. The number of rotatable bonds is 4. The molecule has 1 N–H and O–H groups in total. The van der Waals surface area contributed by atoms with Crippen molar-refractivity contribution in [1.82, 2.24) is 20.0 Å². The minimum Gasteiger partial charge on any atom is -0.378 e. The zero-order valence-electron chi connectivity index (χ0n) is 12.8. The lowest BCUT2D eigenvalue weighted by molar-refractivity contribution is 0.0916. The van der Waals surface area contributed by atoms with E-state index in [2.05, 4.69) is 15.3 Å². The molecule has 0 bridgehead atoms. The number of carbonyl (C=O) groups is 1. The fourth-order valence-corrected chi connectivity index (χ4v) is 3.10. The van der Waals surface area contributed by atoms with Gasteiger partial charge in [-0.05, 0) is 39.8 Å². The van der Waals surface area contributed by atoms with Crippen LogP contribution in [-0.4, -0.2) is 59.0 Å². The van der Waals surface area contributed by atoms with E-state index in [1.54, 1.807) is 17.1 Å². The molecule has 0 aliphatic carbocycles. The van der Waals surface area contributed by atoms with E-state index in [4.69, 9.17) is 4.74 Å². The molecule has 3 rings (SSSR count). The van der Waals surface area contributed by atoms with E-state index in [0.717, 1.165) is 19.7 Å². The first-order chi connectivity index (χ1) is 10.1. The lowest BCUT2D eigenvalue weighted by atomic mass is 10.1. The van der Waals surface area contributed by atoms with Gasteiger partial charge in [0.15, 0.2) is 0 Å². The summed E-state index contributed by atoms with van der Waals surface area (Å²) >= 11 is 0. The highest BCUT2D eigenvalue weighted by atomic mass is 16.5. The maximum absolute atomic E-state index is 12.4. The van der Waals surface area contributed by atoms with Gasteiger partial charge in [0.1, 0.15) is 0 Å². The Morgan fingerprint density at radius 3 is 2.81 bits per heavy atom. The molecule has 0 saturated carbocycles. The van der Waals surface area contributed by atoms with Crippen LogP contribution in [0.3, 0.4) is 0 Å². The molecule has 116 valence electrons. The van der Waals surface area contributed by atoms with E-state index in [1.165, 1.54) is 12.8 Å². The van der Waals surface area contributed by atoms with Crippen LogP contribution >= 0.6 is 0 Å². The van der Waals surface area contributed by atoms with Crippen molar-refractivity contribution in [2.24, 2.45) is 0 Å². The van der Waals surface area contributed by atoms with Crippen molar-refractivity contribution in [3.05, 3.63) is 18.0 Å². The average Bonchev–Trinajstić information content (AvgIpc) is 3.19. The molecule has 0 aromatic carbocycles. The molecule has 0 unspecified atom stereocenters. The van der Waals surface area contributed by atoms with Crippen molar-refractivity contribution in [3.8, 4) is 0 Å². The SMILES string of the molecule is CC(C)n1cc(C(=O)N[C@@H]2COC[C@H]2N2CCCC2)cn1.